The van der Waals surface area contributed by atoms with Crippen molar-refractivity contribution in [3.05, 3.63) is 39.9 Å². The predicted molar refractivity (Wildman–Crippen MR) is 73.6 cm³/mol. The van der Waals surface area contributed by atoms with Gasteiger partial charge in [-0.1, -0.05) is 29.6 Å². The van der Waals surface area contributed by atoms with Gasteiger partial charge >= 0.3 is 0 Å². The number of ether oxygens (including phenoxy) is 1. The number of benzene rings is 1. The number of aromatic nitrogens is 2. The van der Waals surface area contributed by atoms with Crippen molar-refractivity contribution >= 4 is 11.5 Å². The zero-order chi connectivity index (χ0) is 13.2. The second-order valence-corrected chi connectivity index (χ2v) is 5.41. The number of rotatable bonds is 3. The summed E-state index contributed by atoms with van der Waals surface area (Å²) < 4.78 is 9.69. The molecule has 19 heavy (non-hydrogen) atoms. The fourth-order valence-corrected chi connectivity index (χ4v) is 3.18. The largest absolute Gasteiger partial charge is 0.493 e. The van der Waals surface area contributed by atoms with Gasteiger partial charge in [0, 0.05) is 5.56 Å². The van der Waals surface area contributed by atoms with Crippen LogP contribution in [0.3, 0.4) is 0 Å². The van der Waals surface area contributed by atoms with Crippen LogP contribution in [0.1, 0.15) is 41.1 Å². The molecule has 0 bridgehead atoms. The molecule has 0 saturated heterocycles. The van der Waals surface area contributed by atoms with Gasteiger partial charge in [-0.05, 0) is 36.4 Å². The van der Waals surface area contributed by atoms with E-state index >= 15 is 0 Å². The molecule has 100 valence electrons. The summed E-state index contributed by atoms with van der Waals surface area (Å²) >= 11 is 1.26. The zero-order valence-electron chi connectivity index (χ0n) is 10.8. The Bertz CT molecular complexity index is 583. The quantitative estimate of drug-likeness (QED) is 0.936. The highest BCUT2D eigenvalue weighted by molar-refractivity contribution is 7.05. The van der Waals surface area contributed by atoms with Gasteiger partial charge < -0.3 is 9.84 Å². The highest BCUT2D eigenvalue weighted by Gasteiger charge is 2.24. The lowest BCUT2D eigenvalue weighted by Crippen LogP contribution is -2.12. The Balaban J connectivity index is 2.02. The van der Waals surface area contributed by atoms with Crippen LogP contribution in [0.15, 0.2) is 18.2 Å². The van der Waals surface area contributed by atoms with E-state index in [0.717, 1.165) is 47.8 Å². The molecule has 1 aliphatic heterocycles. The van der Waals surface area contributed by atoms with Crippen LogP contribution in [-0.2, 0) is 12.8 Å². The van der Waals surface area contributed by atoms with Gasteiger partial charge in [-0.2, -0.15) is 0 Å². The molecule has 2 heterocycles. The minimum absolute atomic E-state index is 0.692. The molecule has 1 aromatic carbocycles. The van der Waals surface area contributed by atoms with E-state index in [-0.39, 0.29) is 0 Å². The summed E-state index contributed by atoms with van der Waals surface area (Å²) in [5.74, 6) is 0.844. The summed E-state index contributed by atoms with van der Waals surface area (Å²) in [5, 5.41) is 14.7. The number of aliphatic hydroxyl groups excluding tert-OH is 1. The fraction of sp³-hybridized carbons (Fsp3) is 0.429. The number of para-hydroxylation sites is 1. The molecule has 5 heteroatoms. The summed E-state index contributed by atoms with van der Waals surface area (Å²) in [6.45, 7) is 2.74. The molecule has 2 aromatic rings. The summed E-state index contributed by atoms with van der Waals surface area (Å²) in [7, 11) is 0. The van der Waals surface area contributed by atoms with Crippen LogP contribution in [-0.4, -0.2) is 21.3 Å². The van der Waals surface area contributed by atoms with E-state index in [9.17, 15) is 5.11 Å². The highest BCUT2D eigenvalue weighted by Crippen LogP contribution is 2.37. The first-order chi connectivity index (χ1) is 9.31. The van der Waals surface area contributed by atoms with Gasteiger partial charge in [0.15, 0.2) is 0 Å². The normalized spacial score (nSPS) is 15.7. The second-order valence-electron chi connectivity index (χ2n) is 4.63. The summed E-state index contributed by atoms with van der Waals surface area (Å²) in [6.07, 6.45) is 2.13. The Morgan fingerprint density at radius 3 is 3.21 bits per heavy atom. The highest BCUT2D eigenvalue weighted by atomic mass is 32.1. The van der Waals surface area contributed by atoms with E-state index in [1.54, 1.807) is 0 Å². The minimum Gasteiger partial charge on any atom is -0.493 e. The Hall–Kier alpha value is -1.46. The monoisotopic (exact) mass is 276 g/mol. The third kappa shape index (κ3) is 2.24. The lowest BCUT2D eigenvalue weighted by atomic mass is 9.98. The van der Waals surface area contributed by atoms with E-state index in [2.05, 4.69) is 15.7 Å². The maximum absolute atomic E-state index is 10.6. The van der Waals surface area contributed by atoms with E-state index in [0.29, 0.717) is 0 Å². The number of fused-ring (bicyclic) bond motifs is 1. The van der Waals surface area contributed by atoms with E-state index < -0.39 is 6.10 Å². The van der Waals surface area contributed by atoms with Crippen LogP contribution < -0.4 is 4.74 Å². The Labute approximate surface area is 116 Å². The molecule has 1 aromatic heterocycles. The smallest absolute Gasteiger partial charge is 0.128 e. The summed E-state index contributed by atoms with van der Waals surface area (Å²) in [5.41, 5.74) is 2.88. The Kier molecular flexibility index (Phi) is 3.48. The lowest BCUT2D eigenvalue weighted by Gasteiger charge is -2.22. The number of aliphatic hydroxyl groups is 1. The molecule has 3 rings (SSSR count). The topological polar surface area (TPSA) is 55.2 Å². The number of hydrogen-bond donors (Lipinski definition) is 1. The SMILES string of the molecule is CCc1nnsc1C(O)c1cccc2c1OCCC2. The van der Waals surface area contributed by atoms with Crippen LogP contribution in [0.2, 0.25) is 0 Å². The van der Waals surface area contributed by atoms with Gasteiger partial charge in [0.05, 0.1) is 17.2 Å². The van der Waals surface area contributed by atoms with Gasteiger partial charge in [0.2, 0.25) is 0 Å². The third-order valence-corrected chi connectivity index (χ3v) is 4.25. The summed E-state index contributed by atoms with van der Waals surface area (Å²) in [4.78, 5) is 0.824. The number of hydrogen-bond acceptors (Lipinski definition) is 5. The molecular formula is C14H16N2O2S. The standard InChI is InChI=1S/C14H16N2O2S/c1-2-11-14(19-16-15-11)12(17)10-7-3-5-9-6-4-8-18-13(9)10/h3,5,7,12,17H,2,4,6,8H2,1H3. The maximum Gasteiger partial charge on any atom is 0.128 e. The molecule has 0 fully saturated rings. The van der Waals surface area contributed by atoms with Crippen molar-refractivity contribution in [3.63, 3.8) is 0 Å². The molecular weight excluding hydrogens is 260 g/mol. The molecule has 0 spiro atoms. The second kappa shape index (κ2) is 5.27. The molecule has 0 saturated carbocycles. The van der Waals surface area contributed by atoms with Crippen LogP contribution in [0.4, 0.5) is 0 Å². The van der Waals surface area contributed by atoms with Gasteiger partial charge in [-0.3, -0.25) is 0 Å². The van der Waals surface area contributed by atoms with Crippen molar-refractivity contribution in [2.24, 2.45) is 0 Å². The van der Waals surface area contributed by atoms with E-state index in [1.807, 2.05) is 19.1 Å². The average Bonchev–Trinajstić information content (AvgIpc) is 2.94. The summed E-state index contributed by atoms with van der Waals surface area (Å²) in [6, 6.07) is 5.97. The van der Waals surface area contributed by atoms with Crippen molar-refractivity contribution in [2.75, 3.05) is 6.61 Å². The first-order valence-electron chi connectivity index (χ1n) is 6.55. The molecule has 0 amide bonds. The Morgan fingerprint density at radius 1 is 1.47 bits per heavy atom. The lowest BCUT2D eigenvalue weighted by molar-refractivity contribution is 0.209. The molecule has 1 N–H and O–H groups in total. The molecule has 0 aliphatic carbocycles. The predicted octanol–water partition coefficient (Wildman–Crippen LogP) is 2.51. The average molecular weight is 276 g/mol. The van der Waals surface area contributed by atoms with Crippen LogP contribution in [0, 0.1) is 0 Å². The maximum atomic E-state index is 10.6. The molecule has 0 radical (unpaired) electrons. The molecule has 4 nitrogen and oxygen atoms in total. The van der Waals surface area contributed by atoms with E-state index in [4.69, 9.17) is 4.74 Å². The van der Waals surface area contributed by atoms with Gasteiger partial charge in [-0.15, -0.1) is 5.10 Å². The van der Waals surface area contributed by atoms with Crippen molar-refractivity contribution < 1.29 is 9.84 Å². The molecule has 1 unspecified atom stereocenters. The van der Waals surface area contributed by atoms with Crippen molar-refractivity contribution in [1.29, 1.82) is 0 Å². The van der Waals surface area contributed by atoms with Gasteiger partial charge in [-0.25, -0.2) is 0 Å². The molecule has 1 atom stereocenters. The minimum atomic E-state index is -0.692. The van der Waals surface area contributed by atoms with Crippen molar-refractivity contribution in [2.45, 2.75) is 32.3 Å². The first kappa shape index (κ1) is 12.6. The van der Waals surface area contributed by atoms with Gasteiger partial charge in [0.25, 0.3) is 0 Å². The van der Waals surface area contributed by atoms with Gasteiger partial charge in [0.1, 0.15) is 11.9 Å². The van der Waals surface area contributed by atoms with E-state index in [1.165, 1.54) is 17.1 Å². The fourth-order valence-electron chi connectivity index (χ4n) is 2.44. The van der Waals surface area contributed by atoms with Crippen LogP contribution in [0.25, 0.3) is 0 Å². The Morgan fingerprint density at radius 2 is 2.37 bits per heavy atom. The van der Waals surface area contributed by atoms with Crippen LogP contribution in [0.5, 0.6) is 5.75 Å². The van der Waals surface area contributed by atoms with Crippen LogP contribution >= 0.6 is 11.5 Å². The third-order valence-electron chi connectivity index (χ3n) is 3.43. The number of aryl methyl sites for hydroxylation is 2. The molecule has 1 aliphatic rings. The van der Waals surface area contributed by atoms with Crippen molar-refractivity contribution in [1.82, 2.24) is 9.59 Å². The van der Waals surface area contributed by atoms with Crippen molar-refractivity contribution in [3.8, 4) is 5.75 Å². The first-order valence-corrected chi connectivity index (χ1v) is 7.32. The number of nitrogens with zero attached hydrogens (tertiary/aromatic N) is 2. The zero-order valence-corrected chi connectivity index (χ0v) is 11.6.